The van der Waals surface area contributed by atoms with Crippen molar-refractivity contribution < 1.29 is 23.7 Å². The van der Waals surface area contributed by atoms with Gasteiger partial charge in [0, 0.05) is 0 Å². The Kier molecular flexibility index (Phi) is 8.04. The first-order chi connectivity index (χ1) is 12.8. The van der Waals surface area contributed by atoms with Crippen molar-refractivity contribution in [1.29, 1.82) is 0 Å². The van der Waals surface area contributed by atoms with Crippen LogP contribution in [0.25, 0.3) is 0 Å². The summed E-state index contributed by atoms with van der Waals surface area (Å²) in [5.41, 5.74) is 0. The van der Waals surface area contributed by atoms with E-state index in [9.17, 15) is 14.5 Å². The molecule has 7 heteroatoms. The molecular weight excluding hydrogens is 365 g/mol. The molecule has 0 spiro atoms. The lowest BCUT2D eigenvalue weighted by Gasteiger charge is -2.39. The van der Waals surface area contributed by atoms with Crippen molar-refractivity contribution in [1.82, 2.24) is 5.09 Å². The maximum Gasteiger partial charge on any atom is 0.325 e. The molecule has 1 saturated carbocycles. The first-order valence-electron chi connectivity index (χ1n) is 9.61. The molecule has 0 saturated heterocycles. The van der Waals surface area contributed by atoms with Crippen LogP contribution in [0.5, 0.6) is 0 Å². The number of rotatable bonds is 8. The van der Waals surface area contributed by atoms with Crippen LogP contribution < -0.4 is 10.4 Å². The van der Waals surface area contributed by atoms with Crippen molar-refractivity contribution in [3.8, 4) is 0 Å². The third-order valence-corrected chi connectivity index (χ3v) is 7.53. The summed E-state index contributed by atoms with van der Waals surface area (Å²) in [5, 5.41) is 12.8. The van der Waals surface area contributed by atoms with Crippen molar-refractivity contribution in [3.63, 3.8) is 0 Å². The third-order valence-electron chi connectivity index (χ3n) is 5.34. The van der Waals surface area contributed by atoms with Gasteiger partial charge in [-0.3, -0.25) is 9.36 Å². The predicted molar refractivity (Wildman–Crippen MR) is 106 cm³/mol. The summed E-state index contributed by atoms with van der Waals surface area (Å²) in [7, 11) is -2.36. The molecule has 0 aliphatic heterocycles. The summed E-state index contributed by atoms with van der Waals surface area (Å²) in [6, 6.07) is 7.72. The molecule has 1 aromatic carbocycles. The summed E-state index contributed by atoms with van der Waals surface area (Å²) < 4.78 is 24.9. The van der Waals surface area contributed by atoms with Crippen molar-refractivity contribution in [2.24, 2.45) is 17.8 Å². The fraction of sp³-hybridized carbons (Fsp3) is 0.650. The Balaban J connectivity index is 2.34. The van der Waals surface area contributed by atoms with Gasteiger partial charge in [-0.25, -0.2) is 5.09 Å². The molecule has 1 aromatic rings. The van der Waals surface area contributed by atoms with Gasteiger partial charge in [-0.05, 0) is 42.7 Å². The molecule has 0 bridgehead atoms. The molecular formula is C20H32NO5P. The minimum absolute atomic E-state index is 0.177. The molecule has 152 valence electrons. The van der Waals surface area contributed by atoms with Gasteiger partial charge < -0.3 is 14.4 Å². The van der Waals surface area contributed by atoms with Gasteiger partial charge in [0.1, 0.15) is 6.04 Å². The van der Waals surface area contributed by atoms with Gasteiger partial charge in [-0.2, -0.15) is 0 Å². The highest BCUT2D eigenvalue weighted by Gasteiger charge is 2.40. The zero-order chi connectivity index (χ0) is 20.0. The largest absolute Gasteiger partial charge is 0.468 e. The quantitative estimate of drug-likeness (QED) is 0.518. The molecule has 1 unspecified atom stereocenters. The second kappa shape index (κ2) is 9.83. The van der Waals surface area contributed by atoms with Gasteiger partial charge in [0.15, 0.2) is 0 Å². The molecule has 1 aliphatic carbocycles. The maximum atomic E-state index is 13.9. The lowest BCUT2D eigenvalue weighted by Crippen LogP contribution is -2.43. The Labute approximate surface area is 162 Å². The lowest BCUT2D eigenvalue weighted by molar-refractivity contribution is -0.143. The van der Waals surface area contributed by atoms with Crippen LogP contribution in [0.3, 0.4) is 0 Å². The first kappa shape index (κ1) is 22.1. The van der Waals surface area contributed by atoms with Crippen molar-refractivity contribution in [2.45, 2.75) is 52.2 Å². The molecule has 2 N–H and O–H groups in total. The summed E-state index contributed by atoms with van der Waals surface area (Å²) in [6.07, 6.45) is 2.80. The van der Waals surface area contributed by atoms with Crippen molar-refractivity contribution in [3.05, 3.63) is 30.3 Å². The Morgan fingerprint density at radius 3 is 2.52 bits per heavy atom. The van der Waals surface area contributed by atoms with E-state index in [-0.39, 0.29) is 6.10 Å². The fourth-order valence-electron chi connectivity index (χ4n) is 3.73. The highest BCUT2D eigenvalue weighted by atomic mass is 31.2. The number of hydrogen-bond acceptors (Lipinski definition) is 5. The number of nitrogens with one attached hydrogen (secondary N) is 1. The molecule has 2 rings (SSSR count). The monoisotopic (exact) mass is 397 g/mol. The van der Waals surface area contributed by atoms with Gasteiger partial charge in [-0.15, -0.1) is 0 Å². The van der Waals surface area contributed by atoms with E-state index in [2.05, 4.69) is 25.9 Å². The SMILES string of the molecule is COC(=O)C(CO)N[P@](=O)(O[C@@H]1C[C@H](C)CC[C@H]1C(C)C)c1ccccc1. The smallest absolute Gasteiger partial charge is 0.325 e. The molecule has 27 heavy (non-hydrogen) atoms. The van der Waals surface area contributed by atoms with Crippen LogP contribution in [-0.4, -0.2) is 36.9 Å². The Morgan fingerprint density at radius 2 is 1.96 bits per heavy atom. The van der Waals surface area contributed by atoms with Crippen LogP contribution in [-0.2, 0) is 18.6 Å². The zero-order valence-corrected chi connectivity index (χ0v) is 17.5. The molecule has 0 heterocycles. The Bertz CT molecular complexity index is 651. The van der Waals surface area contributed by atoms with E-state index >= 15 is 0 Å². The summed E-state index contributed by atoms with van der Waals surface area (Å²) in [4.78, 5) is 11.9. The summed E-state index contributed by atoms with van der Waals surface area (Å²) in [6.45, 7) is 5.96. The maximum absolute atomic E-state index is 13.9. The third kappa shape index (κ3) is 5.64. The van der Waals surface area contributed by atoms with E-state index in [0.717, 1.165) is 19.3 Å². The number of ether oxygens (including phenoxy) is 1. The lowest BCUT2D eigenvalue weighted by atomic mass is 9.75. The molecule has 6 nitrogen and oxygen atoms in total. The average Bonchev–Trinajstić information content (AvgIpc) is 2.66. The minimum Gasteiger partial charge on any atom is -0.468 e. The molecule has 5 atom stereocenters. The summed E-state index contributed by atoms with van der Waals surface area (Å²) in [5.74, 6) is 0.518. The standard InChI is InChI=1S/C20H32NO5P/c1-14(2)17-11-10-15(3)12-19(17)26-27(24,16-8-6-5-7-9-16)21-18(13-22)20(23)25-4/h5-9,14-15,17-19,22H,10-13H2,1-4H3,(H,21,24)/t15-,17+,18?,19-,27-/m1/s1. The van der Waals surface area contributed by atoms with Crippen molar-refractivity contribution in [2.75, 3.05) is 13.7 Å². The number of hydrogen-bond donors (Lipinski definition) is 2. The van der Waals surface area contributed by atoms with E-state index in [4.69, 9.17) is 9.26 Å². The number of carbonyl (C=O) groups excluding carboxylic acids is 1. The number of aliphatic hydroxyl groups excluding tert-OH is 1. The Morgan fingerprint density at radius 1 is 1.30 bits per heavy atom. The van der Waals surface area contributed by atoms with E-state index in [1.165, 1.54) is 7.11 Å². The molecule has 0 radical (unpaired) electrons. The second-order valence-corrected chi connectivity index (χ2v) is 9.83. The number of benzene rings is 1. The van der Waals surface area contributed by atoms with Crippen LogP contribution >= 0.6 is 7.52 Å². The van der Waals surface area contributed by atoms with Gasteiger partial charge in [0.2, 0.25) is 0 Å². The second-order valence-electron chi connectivity index (χ2n) is 7.74. The predicted octanol–water partition coefficient (Wildman–Crippen LogP) is 3.11. The fourth-order valence-corrected chi connectivity index (χ4v) is 5.85. The Hall–Kier alpha value is -1.20. The highest BCUT2D eigenvalue weighted by Crippen LogP contribution is 2.48. The number of aliphatic hydroxyl groups is 1. The van der Waals surface area contributed by atoms with E-state index < -0.39 is 26.1 Å². The van der Waals surface area contributed by atoms with Crippen molar-refractivity contribution >= 4 is 18.8 Å². The van der Waals surface area contributed by atoms with Crippen LogP contribution in [0.2, 0.25) is 0 Å². The number of methoxy groups -OCH3 is 1. The number of carbonyl (C=O) groups is 1. The van der Waals surface area contributed by atoms with E-state index in [1.807, 2.05) is 6.07 Å². The molecule has 0 amide bonds. The van der Waals surface area contributed by atoms with Gasteiger partial charge in [0.25, 0.3) is 0 Å². The molecule has 0 aromatic heterocycles. The van der Waals surface area contributed by atoms with E-state index in [1.54, 1.807) is 24.3 Å². The van der Waals surface area contributed by atoms with Gasteiger partial charge in [-0.1, -0.05) is 45.4 Å². The first-order valence-corrected chi connectivity index (χ1v) is 11.2. The normalized spacial score (nSPS) is 26.4. The topological polar surface area (TPSA) is 84.9 Å². The van der Waals surface area contributed by atoms with Crippen LogP contribution in [0.1, 0.15) is 40.0 Å². The van der Waals surface area contributed by atoms with E-state index in [0.29, 0.717) is 23.1 Å². The van der Waals surface area contributed by atoms with Crippen LogP contribution in [0, 0.1) is 17.8 Å². The van der Waals surface area contributed by atoms with Gasteiger partial charge in [0.05, 0.1) is 25.1 Å². The number of esters is 1. The highest BCUT2D eigenvalue weighted by molar-refractivity contribution is 7.65. The van der Waals surface area contributed by atoms with Crippen LogP contribution in [0.15, 0.2) is 30.3 Å². The summed E-state index contributed by atoms with van der Waals surface area (Å²) >= 11 is 0. The molecule has 1 aliphatic rings. The molecule has 1 fully saturated rings. The average molecular weight is 397 g/mol. The minimum atomic E-state index is -3.59. The van der Waals surface area contributed by atoms with Crippen LogP contribution in [0.4, 0.5) is 0 Å². The van der Waals surface area contributed by atoms with Gasteiger partial charge >= 0.3 is 13.5 Å². The zero-order valence-electron chi connectivity index (χ0n) is 16.6.